The molecule has 2 aliphatic rings. The lowest BCUT2D eigenvalue weighted by Crippen LogP contribution is -3.00. The van der Waals surface area contributed by atoms with E-state index in [-0.39, 0.29) is 18.4 Å². The van der Waals surface area contributed by atoms with Gasteiger partial charge in [0.1, 0.15) is 6.54 Å². The average molecular weight is 466 g/mol. The van der Waals surface area contributed by atoms with Crippen molar-refractivity contribution in [3.05, 3.63) is 82.4 Å². The Morgan fingerprint density at radius 2 is 1.30 bits per heavy atom. The fraction of sp³-hybridized carbons (Fsp3) is 0.296. The van der Waals surface area contributed by atoms with Crippen LogP contribution >= 0.6 is 0 Å². The van der Waals surface area contributed by atoms with Crippen LogP contribution in [0.3, 0.4) is 0 Å². The quantitative estimate of drug-likeness (QED) is 0.534. The molecule has 2 heterocycles. The van der Waals surface area contributed by atoms with Crippen LogP contribution in [0.15, 0.2) is 54.6 Å². The molecule has 6 heteroatoms. The second kappa shape index (κ2) is 9.36. The number of ether oxygens (including phenoxy) is 4. The van der Waals surface area contributed by atoms with Gasteiger partial charge in [-0.2, -0.15) is 0 Å². The molecule has 0 N–H and O–H groups in total. The SMILES string of the molecule is COc1cc2c(cc1OC)C(c1ccccc1)=[N+]1CCc3cc(OC)c(OC)cc3C1C2.[Cl-]. The van der Waals surface area contributed by atoms with Crippen LogP contribution in [0.2, 0.25) is 0 Å². The van der Waals surface area contributed by atoms with E-state index in [1.807, 2.05) is 0 Å². The Morgan fingerprint density at radius 1 is 0.727 bits per heavy atom. The van der Waals surface area contributed by atoms with Gasteiger partial charge in [-0.15, -0.1) is 0 Å². The monoisotopic (exact) mass is 465 g/mol. The number of hydrogen-bond donors (Lipinski definition) is 0. The lowest BCUT2D eigenvalue weighted by Gasteiger charge is -2.31. The molecule has 5 rings (SSSR count). The predicted octanol–water partition coefficient (Wildman–Crippen LogP) is 1.43. The maximum Gasteiger partial charge on any atom is 0.215 e. The maximum absolute atomic E-state index is 5.65. The van der Waals surface area contributed by atoms with Gasteiger partial charge in [-0.1, -0.05) is 18.2 Å². The van der Waals surface area contributed by atoms with Crippen LogP contribution in [0, 0.1) is 0 Å². The second-order valence-corrected chi connectivity index (χ2v) is 8.15. The van der Waals surface area contributed by atoms with Gasteiger partial charge >= 0.3 is 0 Å². The van der Waals surface area contributed by atoms with E-state index in [2.05, 4.69) is 59.2 Å². The molecule has 5 nitrogen and oxygen atoms in total. The van der Waals surface area contributed by atoms with E-state index < -0.39 is 0 Å². The third kappa shape index (κ3) is 3.80. The fourth-order valence-corrected chi connectivity index (χ4v) is 5.11. The third-order valence-corrected chi connectivity index (χ3v) is 6.61. The molecule has 0 radical (unpaired) electrons. The molecule has 0 aliphatic carbocycles. The highest BCUT2D eigenvalue weighted by atomic mass is 35.5. The fourth-order valence-electron chi connectivity index (χ4n) is 5.11. The smallest absolute Gasteiger partial charge is 0.215 e. The van der Waals surface area contributed by atoms with Crippen molar-refractivity contribution in [3.8, 4) is 23.0 Å². The highest BCUT2D eigenvalue weighted by molar-refractivity contribution is 6.11. The highest BCUT2D eigenvalue weighted by Gasteiger charge is 2.40. The lowest BCUT2D eigenvalue weighted by molar-refractivity contribution is -0.577. The molecule has 0 bridgehead atoms. The minimum absolute atomic E-state index is 0. The Morgan fingerprint density at radius 3 is 1.94 bits per heavy atom. The van der Waals surface area contributed by atoms with Gasteiger partial charge in [-0.05, 0) is 47.5 Å². The number of methoxy groups -OCH3 is 4. The molecule has 0 aromatic heterocycles. The summed E-state index contributed by atoms with van der Waals surface area (Å²) in [5.41, 5.74) is 7.51. The van der Waals surface area contributed by atoms with Crippen molar-refractivity contribution < 1.29 is 35.9 Å². The van der Waals surface area contributed by atoms with Crippen molar-refractivity contribution in [2.75, 3.05) is 35.0 Å². The lowest BCUT2D eigenvalue weighted by atomic mass is 9.82. The Labute approximate surface area is 201 Å². The normalized spacial score (nSPS) is 16.1. The molecule has 0 saturated carbocycles. The van der Waals surface area contributed by atoms with Gasteiger partial charge in [-0.25, -0.2) is 4.58 Å². The zero-order chi connectivity index (χ0) is 22.2. The van der Waals surface area contributed by atoms with Gasteiger partial charge in [0.25, 0.3) is 0 Å². The first-order chi connectivity index (χ1) is 15.7. The first-order valence-electron chi connectivity index (χ1n) is 10.9. The van der Waals surface area contributed by atoms with Crippen molar-refractivity contribution >= 4 is 5.71 Å². The van der Waals surface area contributed by atoms with E-state index >= 15 is 0 Å². The summed E-state index contributed by atoms with van der Waals surface area (Å²) < 4.78 is 25.0. The number of rotatable bonds is 5. The van der Waals surface area contributed by atoms with Crippen LogP contribution in [0.1, 0.15) is 33.9 Å². The summed E-state index contributed by atoms with van der Waals surface area (Å²) >= 11 is 0. The molecule has 0 spiro atoms. The summed E-state index contributed by atoms with van der Waals surface area (Å²) in [6, 6.07) is 19.4. The molecule has 33 heavy (non-hydrogen) atoms. The van der Waals surface area contributed by atoms with Crippen molar-refractivity contribution in [2.45, 2.75) is 18.9 Å². The number of nitrogens with zero attached hydrogens (tertiary/aromatic N) is 1. The van der Waals surface area contributed by atoms with Crippen molar-refractivity contribution in [1.29, 1.82) is 0 Å². The van der Waals surface area contributed by atoms with Gasteiger partial charge < -0.3 is 31.4 Å². The van der Waals surface area contributed by atoms with Gasteiger partial charge in [0.2, 0.25) is 5.71 Å². The zero-order valence-corrected chi connectivity index (χ0v) is 20.1. The maximum atomic E-state index is 5.65. The average Bonchev–Trinajstić information content (AvgIpc) is 2.85. The first kappa shape index (κ1) is 23.0. The van der Waals surface area contributed by atoms with Gasteiger partial charge in [0.15, 0.2) is 29.0 Å². The van der Waals surface area contributed by atoms with Crippen LogP contribution in [-0.4, -0.2) is 45.3 Å². The summed E-state index contributed by atoms with van der Waals surface area (Å²) in [5, 5.41) is 0. The molecule has 3 aromatic carbocycles. The van der Waals surface area contributed by atoms with Crippen LogP contribution in [-0.2, 0) is 12.8 Å². The molecule has 0 amide bonds. The van der Waals surface area contributed by atoms with Crippen LogP contribution in [0.25, 0.3) is 0 Å². The van der Waals surface area contributed by atoms with Crippen molar-refractivity contribution in [2.24, 2.45) is 0 Å². The van der Waals surface area contributed by atoms with E-state index in [9.17, 15) is 0 Å². The summed E-state index contributed by atoms with van der Waals surface area (Å²) in [6.07, 6.45) is 1.83. The van der Waals surface area contributed by atoms with E-state index in [0.29, 0.717) is 0 Å². The van der Waals surface area contributed by atoms with E-state index in [1.54, 1.807) is 28.4 Å². The number of hydrogen-bond acceptors (Lipinski definition) is 4. The van der Waals surface area contributed by atoms with E-state index in [1.165, 1.54) is 33.5 Å². The minimum atomic E-state index is 0. The standard InChI is InChI=1S/C27H28NO4.ClH/c1-29-23-13-18-10-11-28-22(20(18)15-25(23)31-3)12-19-14-24(30-2)26(32-4)16-21(19)27(28)17-8-6-5-7-9-17;/h5-9,13-16,22H,10-12H2,1-4H3;1H/q+1;/p-1. The summed E-state index contributed by atoms with van der Waals surface area (Å²) in [4.78, 5) is 0. The largest absolute Gasteiger partial charge is 1.00 e. The molecular weight excluding hydrogens is 438 g/mol. The zero-order valence-electron chi connectivity index (χ0n) is 19.4. The number of halogens is 1. The molecule has 0 saturated heterocycles. The third-order valence-electron chi connectivity index (χ3n) is 6.61. The van der Waals surface area contributed by atoms with Crippen molar-refractivity contribution in [1.82, 2.24) is 0 Å². The van der Waals surface area contributed by atoms with Gasteiger partial charge in [-0.3, -0.25) is 0 Å². The van der Waals surface area contributed by atoms with Crippen LogP contribution < -0.4 is 31.4 Å². The Kier molecular flexibility index (Phi) is 6.52. The van der Waals surface area contributed by atoms with Crippen LogP contribution in [0.4, 0.5) is 0 Å². The van der Waals surface area contributed by atoms with Gasteiger partial charge in [0.05, 0.1) is 34.0 Å². The Balaban J connectivity index is 0.00000259. The molecule has 172 valence electrons. The molecular formula is C27H28ClNO4. The molecule has 1 unspecified atom stereocenters. The highest BCUT2D eigenvalue weighted by Crippen LogP contribution is 2.43. The summed E-state index contributed by atoms with van der Waals surface area (Å²) in [7, 11) is 6.76. The molecule has 0 fully saturated rings. The minimum Gasteiger partial charge on any atom is -1.00 e. The molecule has 1 atom stereocenters. The first-order valence-corrected chi connectivity index (χ1v) is 10.9. The molecule has 3 aromatic rings. The second-order valence-electron chi connectivity index (χ2n) is 8.15. The number of fused-ring (bicyclic) bond motifs is 4. The topological polar surface area (TPSA) is 39.9 Å². The Hall–Kier alpha value is -3.18. The summed E-state index contributed by atoms with van der Waals surface area (Å²) in [5.74, 6) is 3.07. The summed E-state index contributed by atoms with van der Waals surface area (Å²) in [6.45, 7) is 0.936. The van der Waals surface area contributed by atoms with Gasteiger partial charge in [0, 0.05) is 24.0 Å². The van der Waals surface area contributed by atoms with Crippen molar-refractivity contribution in [3.63, 3.8) is 0 Å². The Bertz CT molecular complexity index is 1210. The van der Waals surface area contributed by atoms with E-state index in [4.69, 9.17) is 18.9 Å². The van der Waals surface area contributed by atoms with E-state index in [0.717, 1.165) is 42.4 Å². The molecule has 2 aliphatic heterocycles. The predicted molar refractivity (Wildman–Crippen MR) is 124 cm³/mol. The number of benzene rings is 3. The van der Waals surface area contributed by atoms with Crippen LogP contribution in [0.5, 0.6) is 23.0 Å².